The highest BCUT2D eigenvalue weighted by molar-refractivity contribution is 7.12. The summed E-state index contributed by atoms with van der Waals surface area (Å²) in [6, 6.07) is 1.95. The van der Waals surface area contributed by atoms with Crippen molar-refractivity contribution in [3.05, 3.63) is 21.9 Å². The minimum Gasteiger partial charge on any atom is -0.479 e. The van der Waals surface area contributed by atoms with E-state index in [0.29, 0.717) is 24.3 Å². The van der Waals surface area contributed by atoms with E-state index in [1.165, 1.54) is 11.3 Å². The summed E-state index contributed by atoms with van der Waals surface area (Å²) in [5.74, 6) is -0.968. The van der Waals surface area contributed by atoms with E-state index < -0.39 is 11.5 Å². The van der Waals surface area contributed by atoms with Crippen LogP contribution >= 0.6 is 11.3 Å². The molecule has 0 bridgehead atoms. The summed E-state index contributed by atoms with van der Waals surface area (Å²) in [5, 5.41) is 11.6. The van der Waals surface area contributed by atoms with Gasteiger partial charge in [-0.15, -0.1) is 11.3 Å². The van der Waals surface area contributed by atoms with E-state index in [0.717, 1.165) is 24.8 Å². The molecule has 0 aliphatic carbocycles. The second-order valence-corrected chi connectivity index (χ2v) is 6.19. The molecule has 1 saturated heterocycles. The van der Waals surface area contributed by atoms with Crippen molar-refractivity contribution in [1.29, 1.82) is 0 Å². The van der Waals surface area contributed by atoms with Crippen molar-refractivity contribution >= 4 is 23.2 Å². The van der Waals surface area contributed by atoms with Crippen molar-refractivity contribution in [2.24, 2.45) is 0 Å². The fourth-order valence-electron chi connectivity index (χ4n) is 3.10. The quantitative estimate of drug-likeness (QED) is 0.907. The highest BCUT2D eigenvalue weighted by Crippen LogP contribution is 2.36. The van der Waals surface area contributed by atoms with Gasteiger partial charge in [-0.2, -0.15) is 0 Å². The fraction of sp³-hybridized carbons (Fsp3) is 0.600. The van der Waals surface area contributed by atoms with E-state index in [4.69, 9.17) is 0 Å². The second-order valence-electron chi connectivity index (χ2n) is 5.28. The lowest BCUT2D eigenvalue weighted by molar-refractivity contribution is -0.148. The van der Waals surface area contributed by atoms with Gasteiger partial charge in [-0.3, -0.25) is 4.79 Å². The van der Waals surface area contributed by atoms with E-state index >= 15 is 0 Å². The molecule has 1 aromatic rings. The zero-order valence-corrected chi connectivity index (χ0v) is 12.8. The number of hydrogen-bond acceptors (Lipinski definition) is 3. The molecule has 0 radical (unpaired) electrons. The molecule has 2 heterocycles. The van der Waals surface area contributed by atoms with Crippen molar-refractivity contribution in [1.82, 2.24) is 4.90 Å². The minimum atomic E-state index is -0.999. The Hall–Kier alpha value is -1.36. The summed E-state index contributed by atoms with van der Waals surface area (Å²) < 4.78 is 0. The number of carbonyl (C=O) groups is 2. The van der Waals surface area contributed by atoms with E-state index in [-0.39, 0.29) is 5.91 Å². The Labute approximate surface area is 123 Å². The Morgan fingerprint density at radius 3 is 2.80 bits per heavy atom. The van der Waals surface area contributed by atoms with Crippen LogP contribution in [0.15, 0.2) is 11.4 Å². The maximum atomic E-state index is 12.8. The maximum absolute atomic E-state index is 12.8. The molecule has 0 saturated carbocycles. The predicted octanol–water partition coefficient (Wildman–Crippen LogP) is 3.17. The topological polar surface area (TPSA) is 57.6 Å². The highest BCUT2D eigenvalue weighted by Gasteiger charge is 2.49. The maximum Gasteiger partial charge on any atom is 0.329 e. The van der Waals surface area contributed by atoms with Gasteiger partial charge in [0.25, 0.3) is 5.91 Å². The molecule has 20 heavy (non-hydrogen) atoms. The van der Waals surface area contributed by atoms with Crippen LogP contribution in [-0.2, 0) is 11.2 Å². The number of carbonyl (C=O) groups excluding carboxylic acids is 1. The Bertz CT molecular complexity index is 511. The average Bonchev–Trinajstić information content (AvgIpc) is 3.05. The van der Waals surface area contributed by atoms with Gasteiger partial charge in [0.2, 0.25) is 0 Å². The Morgan fingerprint density at radius 1 is 1.45 bits per heavy atom. The first kappa shape index (κ1) is 15.0. The number of likely N-dealkylation sites (tertiary alicyclic amines) is 1. The van der Waals surface area contributed by atoms with Crippen LogP contribution in [0.1, 0.15) is 54.8 Å². The Kier molecular flexibility index (Phi) is 4.48. The third-order valence-corrected chi connectivity index (χ3v) is 5.06. The molecule has 5 heteroatoms. The van der Waals surface area contributed by atoms with Crippen molar-refractivity contribution in [2.45, 2.75) is 51.5 Å². The summed E-state index contributed by atoms with van der Waals surface area (Å²) in [6.07, 6.45) is 3.42. The van der Waals surface area contributed by atoms with Crippen LogP contribution in [0.2, 0.25) is 0 Å². The number of nitrogens with zero attached hydrogens (tertiary/aromatic N) is 1. The van der Waals surface area contributed by atoms with Crippen molar-refractivity contribution in [3.63, 3.8) is 0 Å². The van der Waals surface area contributed by atoms with Gasteiger partial charge in [-0.25, -0.2) is 4.79 Å². The van der Waals surface area contributed by atoms with Crippen LogP contribution in [-0.4, -0.2) is 34.0 Å². The smallest absolute Gasteiger partial charge is 0.329 e. The molecule has 4 nitrogen and oxygen atoms in total. The molecule has 1 fully saturated rings. The zero-order valence-electron chi connectivity index (χ0n) is 12.0. The fourth-order valence-corrected chi connectivity index (χ4v) is 4.04. The normalized spacial score (nSPS) is 22.2. The van der Waals surface area contributed by atoms with Crippen molar-refractivity contribution in [2.75, 3.05) is 6.54 Å². The van der Waals surface area contributed by atoms with Gasteiger partial charge >= 0.3 is 5.97 Å². The minimum absolute atomic E-state index is 0.106. The Morgan fingerprint density at radius 2 is 2.20 bits per heavy atom. The predicted molar refractivity (Wildman–Crippen MR) is 79.2 cm³/mol. The number of thiophene rings is 1. The molecule has 1 aromatic heterocycles. The monoisotopic (exact) mass is 295 g/mol. The number of aryl methyl sites for hydroxylation is 1. The van der Waals surface area contributed by atoms with E-state index in [1.807, 2.05) is 25.3 Å². The van der Waals surface area contributed by atoms with Gasteiger partial charge < -0.3 is 10.0 Å². The molecule has 2 rings (SSSR count). The molecule has 1 N–H and O–H groups in total. The lowest BCUT2D eigenvalue weighted by atomic mass is 9.90. The number of carboxylic acids is 1. The van der Waals surface area contributed by atoms with Gasteiger partial charge in [0.15, 0.2) is 0 Å². The molecule has 1 amide bonds. The van der Waals surface area contributed by atoms with Crippen molar-refractivity contribution < 1.29 is 14.7 Å². The SMILES string of the molecule is CCCC1(C(=O)O)CCCN1C(=O)c1sccc1CC. The lowest BCUT2D eigenvalue weighted by Gasteiger charge is -2.34. The van der Waals surface area contributed by atoms with Crippen LogP contribution in [0.25, 0.3) is 0 Å². The number of rotatable bonds is 5. The highest BCUT2D eigenvalue weighted by atomic mass is 32.1. The van der Waals surface area contributed by atoms with E-state index in [1.54, 1.807) is 4.90 Å². The first-order valence-corrected chi connectivity index (χ1v) is 8.06. The first-order valence-electron chi connectivity index (χ1n) is 7.18. The van der Waals surface area contributed by atoms with Crippen LogP contribution in [0, 0.1) is 0 Å². The molecule has 1 atom stereocenters. The van der Waals surface area contributed by atoms with Gasteiger partial charge in [0.05, 0.1) is 4.88 Å². The van der Waals surface area contributed by atoms with Crippen LogP contribution in [0.3, 0.4) is 0 Å². The summed E-state index contributed by atoms with van der Waals surface area (Å²) in [7, 11) is 0. The van der Waals surface area contributed by atoms with Gasteiger partial charge in [-0.05, 0) is 42.7 Å². The summed E-state index contributed by atoms with van der Waals surface area (Å²) in [4.78, 5) is 26.8. The van der Waals surface area contributed by atoms with Crippen molar-refractivity contribution in [3.8, 4) is 0 Å². The molecule has 1 aliphatic rings. The molecule has 110 valence electrons. The summed E-state index contributed by atoms with van der Waals surface area (Å²) in [5.41, 5.74) is 0.0172. The molecular weight excluding hydrogens is 274 g/mol. The number of carboxylic acid groups (broad SMARTS) is 1. The lowest BCUT2D eigenvalue weighted by Crippen LogP contribution is -2.53. The third kappa shape index (κ3) is 2.35. The summed E-state index contributed by atoms with van der Waals surface area (Å²) >= 11 is 1.42. The number of hydrogen-bond donors (Lipinski definition) is 1. The van der Waals surface area contributed by atoms with Gasteiger partial charge in [0, 0.05) is 6.54 Å². The third-order valence-electron chi connectivity index (χ3n) is 4.12. The van der Waals surface area contributed by atoms with E-state index in [2.05, 4.69) is 0 Å². The number of amides is 1. The van der Waals surface area contributed by atoms with Crippen LogP contribution < -0.4 is 0 Å². The molecule has 0 spiro atoms. The first-order chi connectivity index (χ1) is 9.56. The standard InChI is InChI=1S/C15H21NO3S/c1-3-7-15(14(18)19)8-5-9-16(15)13(17)12-11(4-2)6-10-20-12/h6,10H,3-5,7-9H2,1-2H3,(H,18,19). The molecular formula is C15H21NO3S. The zero-order chi connectivity index (χ0) is 14.8. The van der Waals surface area contributed by atoms with E-state index in [9.17, 15) is 14.7 Å². The Balaban J connectivity index is 2.35. The average molecular weight is 295 g/mol. The number of aliphatic carboxylic acids is 1. The molecule has 1 aliphatic heterocycles. The second kappa shape index (κ2) is 5.95. The summed E-state index contributed by atoms with van der Waals surface area (Å²) in [6.45, 7) is 4.53. The molecule has 1 unspecified atom stereocenters. The van der Waals surface area contributed by atoms with Gasteiger partial charge in [0.1, 0.15) is 5.54 Å². The van der Waals surface area contributed by atoms with Gasteiger partial charge in [-0.1, -0.05) is 20.3 Å². The largest absolute Gasteiger partial charge is 0.479 e. The molecule has 0 aromatic carbocycles. The van der Waals surface area contributed by atoms with Crippen LogP contribution in [0.5, 0.6) is 0 Å². The van der Waals surface area contributed by atoms with Crippen LogP contribution in [0.4, 0.5) is 0 Å².